The van der Waals surface area contributed by atoms with Gasteiger partial charge in [-0.2, -0.15) is 8.78 Å². The van der Waals surface area contributed by atoms with Gasteiger partial charge >= 0.3 is 6.61 Å². The molecular formula is C15H15ClF2N2O. The van der Waals surface area contributed by atoms with Crippen LogP contribution in [0.2, 0.25) is 5.02 Å². The zero-order valence-electron chi connectivity index (χ0n) is 11.4. The van der Waals surface area contributed by atoms with Gasteiger partial charge in [0.1, 0.15) is 5.75 Å². The van der Waals surface area contributed by atoms with E-state index in [9.17, 15) is 8.78 Å². The lowest BCUT2D eigenvalue weighted by Gasteiger charge is -2.16. The van der Waals surface area contributed by atoms with Gasteiger partial charge in [-0.25, -0.2) is 0 Å². The molecule has 21 heavy (non-hydrogen) atoms. The van der Waals surface area contributed by atoms with E-state index < -0.39 is 6.61 Å². The van der Waals surface area contributed by atoms with E-state index in [1.54, 1.807) is 18.5 Å². The number of pyridine rings is 1. The van der Waals surface area contributed by atoms with E-state index in [0.29, 0.717) is 17.1 Å². The van der Waals surface area contributed by atoms with Crippen molar-refractivity contribution in [2.45, 2.75) is 26.1 Å². The van der Waals surface area contributed by atoms with Crippen molar-refractivity contribution in [2.75, 3.05) is 0 Å². The third-order valence-electron chi connectivity index (χ3n) is 3.02. The molecule has 0 unspecified atom stereocenters. The average Bonchev–Trinajstić information content (AvgIpc) is 2.47. The van der Waals surface area contributed by atoms with Crippen LogP contribution in [0, 0.1) is 0 Å². The van der Waals surface area contributed by atoms with E-state index in [2.05, 4.69) is 15.0 Å². The van der Waals surface area contributed by atoms with Crippen LogP contribution in [0.4, 0.5) is 8.78 Å². The summed E-state index contributed by atoms with van der Waals surface area (Å²) in [5.41, 5.74) is 1.59. The maximum absolute atomic E-state index is 12.4. The summed E-state index contributed by atoms with van der Waals surface area (Å²) in [6, 6.07) is 8.39. The minimum atomic E-state index is -2.86. The quantitative estimate of drug-likeness (QED) is 0.868. The lowest BCUT2D eigenvalue weighted by Crippen LogP contribution is -2.19. The number of halogens is 3. The highest BCUT2D eigenvalue weighted by atomic mass is 35.5. The number of hydrogen-bond donors (Lipinski definition) is 1. The molecule has 0 aliphatic heterocycles. The van der Waals surface area contributed by atoms with Crippen LogP contribution in [0.25, 0.3) is 0 Å². The van der Waals surface area contributed by atoms with E-state index in [1.165, 1.54) is 12.1 Å². The SMILES string of the molecule is C[C@H](NCc1cc(Cl)ccc1OC(F)F)c1cccnc1. The molecule has 1 heterocycles. The molecule has 112 valence electrons. The third kappa shape index (κ3) is 4.65. The second kappa shape index (κ2) is 7.33. The van der Waals surface area contributed by atoms with Gasteiger partial charge in [0.15, 0.2) is 0 Å². The molecule has 0 aliphatic carbocycles. The third-order valence-corrected chi connectivity index (χ3v) is 3.26. The average molecular weight is 313 g/mol. The first-order chi connectivity index (χ1) is 10.1. The Bertz CT molecular complexity index is 581. The molecule has 0 fully saturated rings. The fourth-order valence-corrected chi connectivity index (χ4v) is 2.10. The number of nitrogens with one attached hydrogen (secondary N) is 1. The van der Waals surface area contributed by atoms with E-state index in [-0.39, 0.29) is 11.8 Å². The zero-order chi connectivity index (χ0) is 15.2. The number of benzene rings is 1. The monoisotopic (exact) mass is 312 g/mol. The molecule has 3 nitrogen and oxygen atoms in total. The highest BCUT2D eigenvalue weighted by Gasteiger charge is 2.12. The van der Waals surface area contributed by atoms with Crippen LogP contribution in [0.5, 0.6) is 5.75 Å². The van der Waals surface area contributed by atoms with Gasteiger partial charge in [0.05, 0.1) is 0 Å². The molecule has 1 N–H and O–H groups in total. The summed E-state index contributed by atoms with van der Waals surface area (Å²) in [7, 11) is 0. The molecule has 0 saturated heterocycles. The Morgan fingerprint density at radius 2 is 2.14 bits per heavy atom. The largest absolute Gasteiger partial charge is 0.434 e. The van der Waals surface area contributed by atoms with E-state index >= 15 is 0 Å². The van der Waals surface area contributed by atoms with Gasteiger partial charge in [0.25, 0.3) is 0 Å². The molecule has 1 aromatic carbocycles. The molecule has 0 aliphatic rings. The van der Waals surface area contributed by atoms with Crippen molar-refractivity contribution < 1.29 is 13.5 Å². The molecule has 0 bridgehead atoms. The van der Waals surface area contributed by atoms with Crippen LogP contribution in [0.3, 0.4) is 0 Å². The summed E-state index contributed by atoms with van der Waals surface area (Å²) in [4.78, 5) is 4.05. The highest BCUT2D eigenvalue weighted by molar-refractivity contribution is 6.30. The Morgan fingerprint density at radius 1 is 1.33 bits per heavy atom. The maximum Gasteiger partial charge on any atom is 0.387 e. The molecule has 2 aromatic rings. The molecule has 6 heteroatoms. The van der Waals surface area contributed by atoms with Gasteiger partial charge in [-0.05, 0) is 36.8 Å². The van der Waals surface area contributed by atoms with Gasteiger partial charge in [0, 0.05) is 35.6 Å². The smallest absolute Gasteiger partial charge is 0.387 e. The van der Waals surface area contributed by atoms with Crippen LogP contribution in [0.1, 0.15) is 24.1 Å². The van der Waals surface area contributed by atoms with E-state index in [1.807, 2.05) is 19.1 Å². The summed E-state index contributed by atoms with van der Waals surface area (Å²) < 4.78 is 29.3. The van der Waals surface area contributed by atoms with E-state index in [0.717, 1.165) is 5.56 Å². The predicted octanol–water partition coefficient (Wildman–Crippen LogP) is 4.19. The summed E-state index contributed by atoms with van der Waals surface area (Å²) in [6.07, 6.45) is 3.45. The van der Waals surface area contributed by atoms with Crippen molar-refractivity contribution in [1.82, 2.24) is 10.3 Å². The van der Waals surface area contributed by atoms with Crippen LogP contribution < -0.4 is 10.1 Å². The molecule has 0 radical (unpaired) electrons. The van der Waals surface area contributed by atoms with Crippen LogP contribution in [-0.2, 0) is 6.54 Å². The van der Waals surface area contributed by atoms with Gasteiger partial charge < -0.3 is 10.1 Å². The molecule has 0 spiro atoms. The van der Waals surface area contributed by atoms with Crippen molar-refractivity contribution in [3.8, 4) is 5.75 Å². The number of aromatic nitrogens is 1. The molecule has 1 atom stereocenters. The van der Waals surface area contributed by atoms with Crippen molar-refractivity contribution in [3.63, 3.8) is 0 Å². The van der Waals surface area contributed by atoms with Crippen LogP contribution in [-0.4, -0.2) is 11.6 Å². The molecule has 0 saturated carbocycles. The number of alkyl halides is 2. The van der Waals surface area contributed by atoms with Crippen LogP contribution in [0.15, 0.2) is 42.7 Å². The van der Waals surface area contributed by atoms with Crippen molar-refractivity contribution in [1.29, 1.82) is 0 Å². The number of rotatable bonds is 6. The number of ether oxygens (including phenoxy) is 1. The maximum atomic E-state index is 12.4. The Labute approximate surface area is 126 Å². The Morgan fingerprint density at radius 3 is 2.81 bits per heavy atom. The minimum absolute atomic E-state index is 0.0251. The first kappa shape index (κ1) is 15.7. The number of nitrogens with zero attached hydrogens (tertiary/aromatic N) is 1. The van der Waals surface area contributed by atoms with Gasteiger partial charge in [0.2, 0.25) is 0 Å². The second-order valence-corrected chi connectivity index (χ2v) is 4.96. The molecule has 1 aromatic heterocycles. The summed E-state index contributed by atoms with van der Waals surface area (Å²) >= 11 is 5.90. The van der Waals surface area contributed by atoms with Gasteiger partial charge in [-0.15, -0.1) is 0 Å². The molecule has 0 amide bonds. The summed E-state index contributed by atoms with van der Waals surface area (Å²) in [5.74, 6) is 0.125. The van der Waals surface area contributed by atoms with Crippen molar-refractivity contribution in [2.24, 2.45) is 0 Å². The lowest BCUT2D eigenvalue weighted by molar-refractivity contribution is -0.0505. The highest BCUT2D eigenvalue weighted by Crippen LogP contribution is 2.25. The normalized spacial score (nSPS) is 12.4. The predicted molar refractivity (Wildman–Crippen MR) is 77.6 cm³/mol. The first-order valence-electron chi connectivity index (χ1n) is 6.43. The van der Waals surface area contributed by atoms with E-state index in [4.69, 9.17) is 11.6 Å². The second-order valence-electron chi connectivity index (χ2n) is 4.52. The Hall–Kier alpha value is -1.72. The van der Waals surface area contributed by atoms with Crippen molar-refractivity contribution >= 4 is 11.6 Å². The van der Waals surface area contributed by atoms with Gasteiger partial charge in [-0.3, -0.25) is 4.98 Å². The standard InChI is InChI=1S/C15H15ClF2N2O/c1-10(11-3-2-6-19-8-11)20-9-12-7-13(16)4-5-14(12)21-15(17)18/h2-8,10,15,20H,9H2,1H3/t10-/m0/s1. The molecular weight excluding hydrogens is 298 g/mol. The number of hydrogen-bond acceptors (Lipinski definition) is 3. The Kier molecular flexibility index (Phi) is 5.47. The van der Waals surface area contributed by atoms with Gasteiger partial charge in [-0.1, -0.05) is 17.7 Å². The molecule has 2 rings (SSSR count). The minimum Gasteiger partial charge on any atom is -0.434 e. The van der Waals surface area contributed by atoms with Crippen LogP contribution >= 0.6 is 11.6 Å². The fraction of sp³-hybridized carbons (Fsp3) is 0.267. The lowest BCUT2D eigenvalue weighted by atomic mass is 10.1. The first-order valence-corrected chi connectivity index (χ1v) is 6.80. The summed E-state index contributed by atoms with van der Waals surface area (Å²) in [5, 5.41) is 3.71. The topological polar surface area (TPSA) is 34.1 Å². The summed E-state index contributed by atoms with van der Waals surface area (Å²) in [6.45, 7) is -0.533. The Balaban J connectivity index is 2.07. The van der Waals surface area contributed by atoms with Crippen molar-refractivity contribution in [3.05, 3.63) is 58.9 Å². The fourth-order valence-electron chi connectivity index (χ4n) is 1.91. The zero-order valence-corrected chi connectivity index (χ0v) is 12.1.